The van der Waals surface area contributed by atoms with E-state index in [2.05, 4.69) is 15.6 Å². The third-order valence-corrected chi connectivity index (χ3v) is 4.40. The number of hydrogen-bond acceptors (Lipinski definition) is 3. The van der Waals surface area contributed by atoms with Gasteiger partial charge < -0.3 is 20.3 Å². The van der Waals surface area contributed by atoms with Crippen molar-refractivity contribution in [3.8, 4) is 0 Å². The van der Waals surface area contributed by atoms with Gasteiger partial charge in [-0.1, -0.05) is 19.3 Å². The Morgan fingerprint density at radius 2 is 1.96 bits per heavy atom. The van der Waals surface area contributed by atoms with E-state index in [0.717, 1.165) is 32.1 Å². The van der Waals surface area contributed by atoms with Crippen LogP contribution in [-0.4, -0.2) is 63.2 Å². The highest BCUT2D eigenvalue weighted by molar-refractivity contribution is 14.0. The molecule has 1 aliphatic heterocycles. The molecule has 1 aliphatic carbocycles. The summed E-state index contributed by atoms with van der Waals surface area (Å²) >= 11 is 0. The SMILES string of the molecule is CN(C)C(=O)CN=C(NCC1CCOC1)NC1CCCCC1.I. The number of carbonyl (C=O) groups is 1. The second kappa shape index (κ2) is 11.1. The van der Waals surface area contributed by atoms with Gasteiger partial charge in [0.2, 0.25) is 5.91 Å². The molecule has 0 radical (unpaired) electrons. The van der Waals surface area contributed by atoms with Gasteiger partial charge in [0.1, 0.15) is 6.54 Å². The van der Waals surface area contributed by atoms with Crippen LogP contribution in [0.15, 0.2) is 4.99 Å². The van der Waals surface area contributed by atoms with E-state index in [1.165, 1.54) is 32.1 Å². The monoisotopic (exact) mass is 438 g/mol. The number of likely N-dealkylation sites (N-methyl/N-ethyl adjacent to an activating group) is 1. The fraction of sp³-hybridized carbons (Fsp3) is 0.875. The molecule has 134 valence electrons. The molecule has 23 heavy (non-hydrogen) atoms. The topological polar surface area (TPSA) is 66.0 Å². The highest BCUT2D eigenvalue weighted by Crippen LogP contribution is 2.17. The summed E-state index contributed by atoms with van der Waals surface area (Å²) in [5.41, 5.74) is 0. The van der Waals surface area contributed by atoms with Crippen LogP contribution < -0.4 is 10.6 Å². The lowest BCUT2D eigenvalue weighted by atomic mass is 9.96. The molecule has 0 spiro atoms. The van der Waals surface area contributed by atoms with Gasteiger partial charge in [-0.3, -0.25) is 4.79 Å². The fourth-order valence-electron chi connectivity index (χ4n) is 2.87. The average molecular weight is 438 g/mol. The summed E-state index contributed by atoms with van der Waals surface area (Å²) in [6.45, 7) is 2.72. The number of rotatable bonds is 5. The Morgan fingerprint density at radius 3 is 2.57 bits per heavy atom. The van der Waals surface area contributed by atoms with Crippen molar-refractivity contribution in [2.24, 2.45) is 10.9 Å². The Morgan fingerprint density at radius 1 is 1.22 bits per heavy atom. The van der Waals surface area contributed by atoms with Gasteiger partial charge in [-0.25, -0.2) is 4.99 Å². The van der Waals surface area contributed by atoms with Crippen LogP contribution in [0.4, 0.5) is 0 Å². The van der Waals surface area contributed by atoms with Gasteiger partial charge in [-0.05, 0) is 19.3 Å². The lowest BCUT2D eigenvalue weighted by Gasteiger charge is -2.25. The van der Waals surface area contributed by atoms with Gasteiger partial charge in [0.05, 0.1) is 6.61 Å². The van der Waals surface area contributed by atoms with Crippen molar-refractivity contribution in [3.05, 3.63) is 0 Å². The van der Waals surface area contributed by atoms with Crippen molar-refractivity contribution in [3.63, 3.8) is 0 Å². The second-order valence-corrected chi connectivity index (χ2v) is 6.54. The molecule has 0 aromatic carbocycles. The molecule has 6 nitrogen and oxygen atoms in total. The molecule has 1 saturated heterocycles. The summed E-state index contributed by atoms with van der Waals surface area (Å²) in [7, 11) is 3.52. The standard InChI is InChI=1S/C16H30N4O2.HI/c1-20(2)15(21)11-18-16(17-10-13-8-9-22-12-13)19-14-6-4-3-5-7-14;/h13-14H,3-12H2,1-2H3,(H2,17,18,19);1H. The summed E-state index contributed by atoms with van der Waals surface area (Å²) in [5.74, 6) is 1.34. The predicted octanol–water partition coefficient (Wildman–Crippen LogP) is 1.60. The Hall–Kier alpha value is -0.570. The summed E-state index contributed by atoms with van der Waals surface area (Å²) in [5, 5.41) is 6.89. The quantitative estimate of drug-likeness (QED) is 0.389. The largest absolute Gasteiger partial charge is 0.381 e. The van der Waals surface area contributed by atoms with Crippen LogP contribution >= 0.6 is 24.0 Å². The van der Waals surface area contributed by atoms with Crippen LogP contribution in [0.5, 0.6) is 0 Å². The van der Waals surface area contributed by atoms with Gasteiger partial charge in [0.25, 0.3) is 0 Å². The normalized spacial score (nSPS) is 22.3. The van der Waals surface area contributed by atoms with Gasteiger partial charge >= 0.3 is 0 Å². The molecule has 1 heterocycles. The van der Waals surface area contributed by atoms with E-state index in [1.54, 1.807) is 19.0 Å². The molecule has 0 aromatic heterocycles. The summed E-state index contributed by atoms with van der Waals surface area (Å²) in [4.78, 5) is 17.8. The van der Waals surface area contributed by atoms with Crippen LogP contribution in [0.1, 0.15) is 38.5 Å². The number of aliphatic imine (C=N–C) groups is 1. The van der Waals surface area contributed by atoms with Crippen molar-refractivity contribution >= 4 is 35.8 Å². The Bertz CT molecular complexity index is 378. The van der Waals surface area contributed by atoms with Gasteiger partial charge in [0, 0.05) is 39.2 Å². The fourth-order valence-corrected chi connectivity index (χ4v) is 2.87. The number of hydrogen-bond donors (Lipinski definition) is 2. The zero-order chi connectivity index (χ0) is 15.8. The first kappa shape index (κ1) is 20.5. The number of nitrogens with zero attached hydrogens (tertiary/aromatic N) is 2. The van der Waals surface area contributed by atoms with Crippen LogP contribution in [0, 0.1) is 5.92 Å². The van der Waals surface area contributed by atoms with Crippen molar-refractivity contribution in [1.82, 2.24) is 15.5 Å². The maximum atomic E-state index is 11.7. The lowest BCUT2D eigenvalue weighted by molar-refractivity contribution is -0.127. The molecule has 0 aromatic rings. The summed E-state index contributed by atoms with van der Waals surface area (Å²) in [6.07, 6.45) is 7.36. The third-order valence-electron chi connectivity index (χ3n) is 4.40. The molecule has 1 amide bonds. The predicted molar refractivity (Wildman–Crippen MR) is 103 cm³/mol. The van der Waals surface area contributed by atoms with Gasteiger partial charge in [-0.15, -0.1) is 24.0 Å². The van der Waals surface area contributed by atoms with E-state index < -0.39 is 0 Å². The van der Waals surface area contributed by atoms with Crippen molar-refractivity contribution in [2.75, 3.05) is 40.4 Å². The lowest BCUT2D eigenvalue weighted by Crippen LogP contribution is -2.46. The highest BCUT2D eigenvalue weighted by Gasteiger charge is 2.18. The van der Waals surface area contributed by atoms with E-state index >= 15 is 0 Å². The Balaban J connectivity index is 0.00000264. The minimum atomic E-state index is 0. The molecule has 2 aliphatic rings. The first-order chi connectivity index (χ1) is 10.6. The Kier molecular flexibility index (Phi) is 9.85. The molecular formula is C16H31IN4O2. The number of amides is 1. The van der Waals surface area contributed by atoms with Crippen molar-refractivity contribution < 1.29 is 9.53 Å². The van der Waals surface area contributed by atoms with E-state index in [0.29, 0.717) is 12.0 Å². The maximum Gasteiger partial charge on any atom is 0.243 e. The third kappa shape index (κ3) is 7.69. The van der Waals surface area contributed by atoms with Crippen LogP contribution in [0.25, 0.3) is 0 Å². The first-order valence-electron chi connectivity index (χ1n) is 8.48. The van der Waals surface area contributed by atoms with Gasteiger partial charge in [0.15, 0.2) is 5.96 Å². The molecule has 1 unspecified atom stereocenters. The van der Waals surface area contributed by atoms with Crippen molar-refractivity contribution in [1.29, 1.82) is 0 Å². The van der Waals surface area contributed by atoms with E-state index in [1.807, 2.05) is 0 Å². The number of guanidine groups is 1. The average Bonchev–Trinajstić information content (AvgIpc) is 3.04. The second-order valence-electron chi connectivity index (χ2n) is 6.54. The molecule has 2 rings (SSSR count). The minimum Gasteiger partial charge on any atom is -0.381 e. The molecule has 1 saturated carbocycles. The van der Waals surface area contributed by atoms with Crippen LogP contribution in [-0.2, 0) is 9.53 Å². The van der Waals surface area contributed by atoms with Crippen LogP contribution in [0.3, 0.4) is 0 Å². The Labute approximate surface area is 156 Å². The molecule has 1 atom stereocenters. The van der Waals surface area contributed by atoms with Crippen molar-refractivity contribution in [2.45, 2.75) is 44.6 Å². The van der Waals surface area contributed by atoms with E-state index in [-0.39, 0.29) is 36.4 Å². The number of carbonyl (C=O) groups excluding carboxylic acids is 1. The number of ether oxygens (including phenoxy) is 1. The summed E-state index contributed by atoms with van der Waals surface area (Å²) < 4.78 is 5.41. The minimum absolute atomic E-state index is 0. The molecular weight excluding hydrogens is 407 g/mol. The molecule has 2 N–H and O–H groups in total. The summed E-state index contributed by atoms with van der Waals surface area (Å²) in [6, 6.07) is 0.481. The first-order valence-corrected chi connectivity index (χ1v) is 8.48. The van der Waals surface area contributed by atoms with E-state index in [9.17, 15) is 4.79 Å². The van der Waals surface area contributed by atoms with Crippen LogP contribution in [0.2, 0.25) is 0 Å². The molecule has 0 bridgehead atoms. The molecule has 7 heteroatoms. The highest BCUT2D eigenvalue weighted by atomic mass is 127. The zero-order valence-electron chi connectivity index (χ0n) is 14.3. The van der Waals surface area contributed by atoms with Gasteiger partial charge in [-0.2, -0.15) is 0 Å². The van der Waals surface area contributed by atoms with E-state index in [4.69, 9.17) is 4.74 Å². The smallest absolute Gasteiger partial charge is 0.243 e. The number of nitrogens with one attached hydrogen (secondary N) is 2. The zero-order valence-corrected chi connectivity index (χ0v) is 16.7. The molecule has 2 fully saturated rings. The maximum absolute atomic E-state index is 11.7. The number of halogens is 1.